The highest BCUT2D eigenvalue weighted by atomic mass is 32.1. The van der Waals surface area contributed by atoms with Crippen LogP contribution in [0.3, 0.4) is 0 Å². The molecule has 2 heterocycles. The first-order valence-electron chi connectivity index (χ1n) is 8.06. The van der Waals surface area contributed by atoms with Crippen LogP contribution in [0.15, 0.2) is 54.6 Å². The molecule has 1 unspecified atom stereocenters. The fourth-order valence-corrected chi connectivity index (χ4v) is 3.75. The Morgan fingerprint density at radius 3 is 2.62 bits per heavy atom. The molecule has 0 N–H and O–H groups in total. The molecule has 0 saturated carbocycles. The van der Waals surface area contributed by atoms with Crippen LogP contribution in [0, 0.1) is 11.3 Å². The SMILES string of the molecule is Cn1c(C(C#N)C(=O)/C=C/c2nc3ccccc3s2)nc2ccccc21. The molecule has 5 nitrogen and oxygen atoms in total. The van der Waals surface area contributed by atoms with Crippen LogP contribution in [0.25, 0.3) is 27.3 Å². The van der Waals surface area contributed by atoms with Crippen molar-refractivity contribution < 1.29 is 4.79 Å². The van der Waals surface area contributed by atoms with Crippen LogP contribution in [-0.2, 0) is 11.8 Å². The Labute approximate surface area is 153 Å². The lowest BCUT2D eigenvalue weighted by Crippen LogP contribution is -2.13. The normalized spacial score (nSPS) is 12.6. The van der Waals surface area contributed by atoms with Crippen molar-refractivity contribution >= 4 is 44.4 Å². The number of allylic oxidation sites excluding steroid dienone is 1. The first-order valence-corrected chi connectivity index (χ1v) is 8.87. The largest absolute Gasteiger partial charge is 0.330 e. The minimum Gasteiger partial charge on any atom is -0.330 e. The summed E-state index contributed by atoms with van der Waals surface area (Å²) in [5.74, 6) is -0.796. The van der Waals surface area contributed by atoms with Crippen LogP contribution >= 0.6 is 11.3 Å². The second-order valence-corrected chi connectivity index (χ2v) is 6.90. The third-order valence-corrected chi connectivity index (χ3v) is 5.20. The smallest absolute Gasteiger partial charge is 0.180 e. The van der Waals surface area contributed by atoms with E-state index in [9.17, 15) is 10.1 Å². The van der Waals surface area contributed by atoms with E-state index in [2.05, 4.69) is 16.0 Å². The lowest BCUT2D eigenvalue weighted by molar-refractivity contribution is -0.115. The number of carbonyl (C=O) groups excluding carboxylic acids is 1. The van der Waals surface area contributed by atoms with Gasteiger partial charge in [-0.25, -0.2) is 9.97 Å². The molecular formula is C20H14N4OS. The Morgan fingerprint density at radius 1 is 1.15 bits per heavy atom. The van der Waals surface area contributed by atoms with E-state index in [0.29, 0.717) is 5.82 Å². The summed E-state index contributed by atoms with van der Waals surface area (Å²) >= 11 is 1.51. The average molecular weight is 358 g/mol. The number of aryl methyl sites for hydroxylation is 1. The third kappa shape index (κ3) is 2.79. The number of thiazole rings is 1. The minimum atomic E-state index is -0.946. The molecule has 0 spiro atoms. The summed E-state index contributed by atoms with van der Waals surface area (Å²) < 4.78 is 2.86. The molecule has 4 aromatic rings. The van der Waals surface area contributed by atoms with E-state index in [1.807, 2.05) is 55.6 Å². The second-order valence-electron chi connectivity index (χ2n) is 5.84. The number of hydrogen-bond donors (Lipinski definition) is 0. The molecule has 26 heavy (non-hydrogen) atoms. The molecule has 0 amide bonds. The number of benzene rings is 2. The van der Waals surface area contributed by atoms with Crippen molar-refractivity contribution in [2.75, 3.05) is 0 Å². The molecule has 0 saturated heterocycles. The fourth-order valence-electron chi connectivity index (χ4n) is 2.88. The maximum atomic E-state index is 12.6. The summed E-state index contributed by atoms with van der Waals surface area (Å²) in [6, 6.07) is 17.5. The maximum Gasteiger partial charge on any atom is 0.180 e. The number of imidazole rings is 1. The van der Waals surface area contributed by atoms with Gasteiger partial charge in [0, 0.05) is 7.05 Å². The van der Waals surface area contributed by atoms with Gasteiger partial charge in [0.25, 0.3) is 0 Å². The third-order valence-electron chi connectivity index (χ3n) is 4.19. The van der Waals surface area contributed by atoms with E-state index in [4.69, 9.17) is 0 Å². The Morgan fingerprint density at radius 2 is 1.88 bits per heavy atom. The highest BCUT2D eigenvalue weighted by molar-refractivity contribution is 7.19. The topological polar surface area (TPSA) is 71.6 Å². The quantitative estimate of drug-likeness (QED) is 0.516. The number of aromatic nitrogens is 3. The standard InChI is InChI=1S/C20H14N4OS/c1-24-16-8-4-2-6-14(16)23-20(24)13(12-21)17(25)10-11-19-22-15-7-3-5-9-18(15)26-19/h2-11,13H,1H3/b11-10+. The number of fused-ring (bicyclic) bond motifs is 2. The highest BCUT2D eigenvalue weighted by Gasteiger charge is 2.24. The zero-order valence-electron chi connectivity index (χ0n) is 14.0. The molecule has 1 atom stereocenters. The van der Waals surface area contributed by atoms with Gasteiger partial charge in [-0.15, -0.1) is 11.3 Å². The monoisotopic (exact) mass is 358 g/mol. The molecule has 6 heteroatoms. The zero-order chi connectivity index (χ0) is 18.1. The van der Waals surface area contributed by atoms with Gasteiger partial charge in [-0.3, -0.25) is 4.79 Å². The van der Waals surface area contributed by atoms with Crippen LogP contribution in [-0.4, -0.2) is 20.3 Å². The molecule has 0 fully saturated rings. The molecule has 0 aliphatic rings. The summed E-state index contributed by atoms with van der Waals surface area (Å²) in [4.78, 5) is 21.5. The Hall–Kier alpha value is -3.30. The van der Waals surface area contributed by atoms with Crippen molar-refractivity contribution in [3.05, 3.63) is 65.4 Å². The van der Waals surface area contributed by atoms with Crippen molar-refractivity contribution in [1.82, 2.24) is 14.5 Å². The van der Waals surface area contributed by atoms with Crippen molar-refractivity contribution in [3.8, 4) is 6.07 Å². The number of para-hydroxylation sites is 3. The number of ketones is 1. The molecule has 0 aliphatic carbocycles. The molecule has 2 aromatic carbocycles. The van der Waals surface area contributed by atoms with Crippen LogP contribution < -0.4 is 0 Å². The number of rotatable bonds is 4. The van der Waals surface area contributed by atoms with Gasteiger partial charge in [0.2, 0.25) is 0 Å². The number of nitriles is 1. The van der Waals surface area contributed by atoms with Crippen LogP contribution in [0.5, 0.6) is 0 Å². The molecule has 4 rings (SSSR count). The number of carbonyl (C=O) groups is 1. The van der Waals surface area contributed by atoms with E-state index in [1.54, 1.807) is 10.6 Å². The predicted molar refractivity (Wildman–Crippen MR) is 103 cm³/mol. The van der Waals surface area contributed by atoms with Crippen molar-refractivity contribution in [2.24, 2.45) is 7.05 Å². The summed E-state index contributed by atoms with van der Waals surface area (Å²) in [6.07, 6.45) is 3.09. The fraction of sp³-hybridized carbons (Fsp3) is 0.100. The van der Waals surface area contributed by atoms with Gasteiger partial charge < -0.3 is 4.57 Å². The van der Waals surface area contributed by atoms with E-state index in [0.717, 1.165) is 26.3 Å². The molecule has 0 radical (unpaired) electrons. The number of hydrogen-bond acceptors (Lipinski definition) is 5. The van der Waals surface area contributed by atoms with Gasteiger partial charge >= 0.3 is 0 Å². The Kier molecular flexibility index (Phi) is 4.07. The summed E-state index contributed by atoms with van der Waals surface area (Å²) in [7, 11) is 1.82. The van der Waals surface area contributed by atoms with Gasteiger partial charge in [0.1, 0.15) is 10.8 Å². The van der Waals surface area contributed by atoms with Gasteiger partial charge in [-0.1, -0.05) is 24.3 Å². The highest BCUT2D eigenvalue weighted by Crippen LogP contribution is 2.24. The zero-order valence-corrected chi connectivity index (χ0v) is 14.8. The first kappa shape index (κ1) is 16.2. The Balaban J connectivity index is 1.64. The predicted octanol–water partition coefficient (Wildman–Crippen LogP) is 4.07. The van der Waals surface area contributed by atoms with E-state index in [-0.39, 0.29) is 5.78 Å². The lowest BCUT2D eigenvalue weighted by atomic mass is 10.0. The lowest BCUT2D eigenvalue weighted by Gasteiger charge is -2.05. The summed E-state index contributed by atoms with van der Waals surface area (Å²) in [6.45, 7) is 0. The maximum absolute atomic E-state index is 12.6. The number of nitrogens with zero attached hydrogens (tertiary/aromatic N) is 4. The molecular weight excluding hydrogens is 344 g/mol. The van der Waals surface area contributed by atoms with Crippen molar-refractivity contribution in [2.45, 2.75) is 5.92 Å². The molecule has 0 aliphatic heterocycles. The van der Waals surface area contributed by atoms with Gasteiger partial charge in [0.05, 0.1) is 27.3 Å². The van der Waals surface area contributed by atoms with E-state index in [1.165, 1.54) is 17.4 Å². The van der Waals surface area contributed by atoms with E-state index < -0.39 is 5.92 Å². The van der Waals surface area contributed by atoms with Crippen molar-refractivity contribution in [3.63, 3.8) is 0 Å². The second kappa shape index (κ2) is 6.54. The van der Waals surface area contributed by atoms with E-state index >= 15 is 0 Å². The van der Waals surface area contributed by atoms with Crippen LogP contribution in [0.2, 0.25) is 0 Å². The summed E-state index contributed by atoms with van der Waals surface area (Å²) in [5, 5.41) is 10.3. The molecule has 126 valence electrons. The van der Waals surface area contributed by atoms with Gasteiger partial charge in [0.15, 0.2) is 11.7 Å². The summed E-state index contributed by atoms with van der Waals surface area (Å²) in [5.41, 5.74) is 2.57. The van der Waals surface area contributed by atoms with Crippen LogP contribution in [0.4, 0.5) is 0 Å². The van der Waals surface area contributed by atoms with Crippen LogP contribution in [0.1, 0.15) is 16.7 Å². The average Bonchev–Trinajstić information content (AvgIpc) is 3.22. The first-order chi connectivity index (χ1) is 12.7. The molecule has 0 bridgehead atoms. The van der Waals surface area contributed by atoms with Gasteiger partial charge in [-0.2, -0.15) is 5.26 Å². The van der Waals surface area contributed by atoms with Gasteiger partial charge in [-0.05, 0) is 36.4 Å². The van der Waals surface area contributed by atoms with Crippen molar-refractivity contribution in [1.29, 1.82) is 5.26 Å². The Bertz CT molecular complexity index is 1160. The minimum absolute atomic E-state index is 0.301. The molecule has 2 aromatic heterocycles.